The molecule has 0 amide bonds. The Morgan fingerprint density at radius 3 is 1.80 bits per heavy atom. The summed E-state index contributed by atoms with van der Waals surface area (Å²) in [5.74, 6) is 0. The SMILES string of the molecule is N#[N+]c1ccc([N+](=O)[O-])cc1[N+](=O)[O-].[F][Sn-]([F])([F])([F])[F]. The van der Waals surface area contributed by atoms with E-state index in [0.717, 1.165) is 18.2 Å². The molecule has 0 fully saturated rings. The summed E-state index contributed by atoms with van der Waals surface area (Å²) < 4.78 is 49.6. The number of halogens is 5. The number of nitrogens with zero attached hydrogens (tertiary/aromatic N) is 4. The molecule has 14 heteroatoms. The molecule has 0 spiro atoms. The Morgan fingerprint density at radius 1 is 1.05 bits per heavy atom. The molecule has 0 aliphatic carbocycles. The molecule has 0 aliphatic heterocycles. The van der Waals surface area contributed by atoms with Gasteiger partial charge in [-0.2, -0.15) is 0 Å². The van der Waals surface area contributed by atoms with Gasteiger partial charge in [-0.25, -0.2) is 0 Å². The first kappa shape index (κ1) is 17.9. The quantitative estimate of drug-likeness (QED) is 0.243. The van der Waals surface area contributed by atoms with E-state index in [1.165, 1.54) is 0 Å². The molecule has 0 bridgehead atoms. The van der Waals surface area contributed by atoms with Gasteiger partial charge in [-0.05, 0) is 0 Å². The summed E-state index contributed by atoms with van der Waals surface area (Å²) in [6.45, 7) is 0. The maximum absolute atomic E-state index is 10.4. The van der Waals surface area contributed by atoms with Crippen LogP contribution in [0.25, 0.3) is 4.98 Å². The minimum absolute atomic E-state index is 0.319. The van der Waals surface area contributed by atoms with Gasteiger partial charge in [0.1, 0.15) is 6.07 Å². The van der Waals surface area contributed by atoms with Crippen LogP contribution < -0.4 is 0 Å². The summed E-state index contributed by atoms with van der Waals surface area (Å²) in [7, 11) is 0. The van der Waals surface area contributed by atoms with Crippen molar-refractivity contribution in [1.29, 1.82) is 5.39 Å². The minimum atomic E-state index is -9.26. The van der Waals surface area contributed by atoms with Crippen molar-refractivity contribution in [1.82, 2.24) is 0 Å². The summed E-state index contributed by atoms with van der Waals surface area (Å²) in [4.78, 5) is 21.6. The summed E-state index contributed by atoms with van der Waals surface area (Å²) in [6.07, 6.45) is 0. The van der Waals surface area contributed by atoms with Crippen molar-refractivity contribution in [3.05, 3.63) is 43.4 Å². The van der Waals surface area contributed by atoms with Crippen molar-refractivity contribution in [2.24, 2.45) is 0 Å². The van der Waals surface area contributed by atoms with Gasteiger partial charge in [0, 0.05) is 12.1 Å². The van der Waals surface area contributed by atoms with E-state index < -0.39 is 41.1 Å². The second kappa shape index (κ2) is 5.90. The van der Waals surface area contributed by atoms with Crippen LogP contribution in [0.15, 0.2) is 18.2 Å². The van der Waals surface area contributed by atoms with Gasteiger partial charge in [0.15, 0.2) is 4.98 Å². The summed E-state index contributed by atoms with van der Waals surface area (Å²) in [5, 5.41) is 29.0. The molecular formula is C6H3F5N4O4Sn. The molecule has 0 atom stereocenters. The van der Waals surface area contributed by atoms with Gasteiger partial charge in [-0.15, -0.1) is 0 Å². The Bertz CT molecular complexity index is 578. The predicted molar refractivity (Wildman–Crippen MR) is 55.8 cm³/mol. The van der Waals surface area contributed by atoms with Crippen LogP contribution in [0.1, 0.15) is 0 Å². The van der Waals surface area contributed by atoms with Crippen molar-refractivity contribution >= 4 is 36.9 Å². The summed E-state index contributed by atoms with van der Waals surface area (Å²) in [5.41, 5.74) is -1.36. The van der Waals surface area contributed by atoms with Crippen LogP contribution in [0.2, 0.25) is 0 Å². The summed E-state index contributed by atoms with van der Waals surface area (Å²) >= 11 is -9.26. The zero-order chi connectivity index (χ0) is 16.2. The second-order valence-corrected chi connectivity index (χ2v) is 7.08. The molecular weight excluding hydrogens is 406 g/mol. The fourth-order valence-electron chi connectivity index (χ4n) is 0.856. The van der Waals surface area contributed by atoms with E-state index in [0.29, 0.717) is 0 Å². The molecule has 0 aliphatic rings. The van der Waals surface area contributed by atoms with E-state index in [9.17, 15) is 34.6 Å². The molecule has 8 nitrogen and oxygen atoms in total. The van der Waals surface area contributed by atoms with Gasteiger partial charge in [0.2, 0.25) is 5.39 Å². The Hall–Kier alpha value is -2.11. The molecule has 20 heavy (non-hydrogen) atoms. The number of nitro groups is 2. The molecule has 0 saturated carbocycles. The number of non-ortho nitro benzene ring substituents is 1. The third kappa shape index (κ3) is 8.07. The van der Waals surface area contributed by atoms with Gasteiger partial charge < -0.3 is 0 Å². The fourth-order valence-corrected chi connectivity index (χ4v) is 0.856. The normalized spacial score (nSPS) is 12.1. The van der Waals surface area contributed by atoms with Crippen LogP contribution in [-0.2, 0) is 0 Å². The van der Waals surface area contributed by atoms with Gasteiger partial charge in [-0.1, -0.05) is 0 Å². The van der Waals surface area contributed by atoms with E-state index >= 15 is 0 Å². The third-order valence-electron chi connectivity index (χ3n) is 1.47. The van der Waals surface area contributed by atoms with E-state index in [1.54, 1.807) is 0 Å². The van der Waals surface area contributed by atoms with Gasteiger partial charge in [-0.3, -0.25) is 20.2 Å². The first-order valence-corrected chi connectivity index (χ1v) is 9.68. The monoisotopic (exact) mass is 410 g/mol. The van der Waals surface area contributed by atoms with Crippen LogP contribution in [0.3, 0.4) is 0 Å². The van der Waals surface area contributed by atoms with Crippen LogP contribution in [0, 0.1) is 25.6 Å². The Balaban J connectivity index is 0.000000511. The Labute approximate surface area is 110 Å². The van der Waals surface area contributed by atoms with Crippen LogP contribution in [0.4, 0.5) is 31.4 Å². The van der Waals surface area contributed by atoms with E-state index in [1.807, 2.05) is 0 Å². The van der Waals surface area contributed by atoms with Crippen molar-refractivity contribution in [2.45, 2.75) is 0 Å². The third-order valence-corrected chi connectivity index (χ3v) is 1.47. The number of hydrogen-bond donors (Lipinski definition) is 0. The maximum atomic E-state index is 10.4. The average molecular weight is 409 g/mol. The number of rotatable bonds is 2. The van der Waals surface area contributed by atoms with Gasteiger partial charge >= 0.3 is 45.6 Å². The zero-order valence-corrected chi connectivity index (χ0v) is 11.9. The van der Waals surface area contributed by atoms with Gasteiger partial charge in [0.05, 0.1) is 9.85 Å². The van der Waals surface area contributed by atoms with Crippen molar-refractivity contribution in [3.63, 3.8) is 0 Å². The van der Waals surface area contributed by atoms with E-state index in [-0.39, 0.29) is 5.69 Å². The molecule has 110 valence electrons. The number of benzene rings is 1. The van der Waals surface area contributed by atoms with Gasteiger partial charge in [0.25, 0.3) is 5.69 Å². The number of nitro benzene ring substituents is 2. The van der Waals surface area contributed by atoms with Crippen molar-refractivity contribution in [3.8, 4) is 0 Å². The van der Waals surface area contributed by atoms with E-state index in [2.05, 4.69) is 4.98 Å². The molecule has 0 heterocycles. The predicted octanol–water partition coefficient (Wildman–Crippen LogP) is 3.71. The molecule has 1 rings (SSSR count). The molecule has 1 aromatic carbocycles. The molecule has 0 radical (unpaired) electrons. The Kier molecular flexibility index (Phi) is 5.27. The average Bonchev–Trinajstić information content (AvgIpc) is 2.24. The Morgan fingerprint density at radius 2 is 1.50 bits per heavy atom. The standard InChI is InChI=1S/C6H3N4O4.5FH.Sn/c7-8-5-2-1-4(9(11)12)3-6(5)10(13)14;;;;;;/h1-3H;5*1H;/q+1;;;;;;+4/p-5. The van der Waals surface area contributed by atoms with Crippen molar-refractivity contribution < 1.29 is 24.2 Å². The number of diazo groups is 1. The van der Waals surface area contributed by atoms with Crippen molar-refractivity contribution in [2.75, 3.05) is 0 Å². The fraction of sp³-hybridized carbons (Fsp3) is 0. The first-order chi connectivity index (χ1) is 8.79. The molecule has 1 aromatic rings. The number of hydrogen-bond acceptors (Lipinski definition) is 5. The summed E-state index contributed by atoms with van der Waals surface area (Å²) in [6, 6.07) is 2.74. The first-order valence-electron chi connectivity index (χ1n) is 4.28. The zero-order valence-electron chi connectivity index (χ0n) is 9.04. The van der Waals surface area contributed by atoms with Crippen LogP contribution in [-0.4, -0.2) is 29.7 Å². The molecule has 0 saturated heterocycles. The molecule has 0 N–H and O–H groups in total. The second-order valence-electron chi connectivity index (χ2n) is 3.00. The van der Waals surface area contributed by atoms with E-state index in [4.69, 9.17) is 5.39 Å². The molecule has 0 aromatic heterocycles. The van der Waals surface area contributed by atoms with Crippen LogP contribution in [0.5, 0.6) is 0 Å². The topological polar surface area (TPSA) is 114 Å². The molecule has 0 unspecified atom stereocenters. The van der Waals surface area contributed by atoms with Crippen LogP contribution >= 0.6 is 0 Å².